The van der Waals surface area contributed by atoms with Crippen molar-refractivity contribution in [3.8, 4) is 0 Å². The van der Waals surface area contributed by atoms with E-state index in [2.05, 4.69) is 43.5 Å². The van der Waals surface area contributed by atoms with Crippen LogP contribution in [0, 0.1) is 0 Å². The molecule has 0 aromatic carbocycles. The molecule has 0 saturated carbocycles. The van der Waals surface area contributed by atoms with E-state index in [0.29, 0.717) is 19.4 Å². The summed E-state index contributed by atoms with van der Waals surface area (Å²) in [6, 6.07) is -0.629. The lowest BCUT2D eigenvalue weighted by Gasteiger charge is -2.20. The summed E-state index contributed by atoms with van der Waals surface area (Å²) in [5.41, 5.74) is 0. The molecule has 0 aromatic heterocycles. The summed E-state index contributed by atoms with van der Waals surface area (Å²) in [5, 5.41) is 23.0. The fourth-order valence-electron chi connectivity index (χ4n) is 8.18. The van der Waals surface area contributed by atoms with Crippen molar-refractivity contribution >= 4 is 11.9 Å². The Bertz CT molecular complexity index is 1010. The van der Waals surface area contributed by atoms with Crippen molar-refractivity contribution in [3.63, 3.8) is 0 Å². The number of hydrogen-bond donors (Lipinski definition) is 3. The number of allylic oxidation sites excluding steroid dienone is 5. The molecular weight excluding hydrogens is 767 g/mol. The summed E-state index contributed by atoms with van der Waals surface area (Å²) in [4.78, 5) is 24.4. The van der Waals surface area contributed by atoms with Crippen molar-refractivity contribution in [2.45, 2.75) is 296 Å². The highest BCUT2D eigenvalue weighted by atomic mass is 16.5. The number of nitrogens with one attached hydrogen (secondary N) is 1. The second kappa shape index (κ2) is 51.7. The smallest absolute Gasteiger partial charge is 0.305 e. The minimum Gasteiger partial charge on any atom is -0.466 e. The lowest BCUT2D eigenvalue weighted by molar-refractivity contribution is -0.143. The molecule has 0 aromatic rings. The number of unbranched alkanes of at least 4 members (excludes halogenated alkanes) is 35. The molecule has 0 aliphatic rings. The van der Waals surface area contributed by atoms with E-state index < -0.39 is 12.1 Å². The van der Waals surface area contributed by atoms with Crippen LogP contribution < -0.4 is 5.32 Å². The maximum atomic E-state index is 12.4. The van der Waals surface area contributed by atoms with E-state index >= 15 is 0 Å². The Kier molecular flexibility index (Phi) is 50.1. The Morgan fingerprint density at radius 1 is 0.452 bits per heavy atom. The number of carbonyl (C=O) groups is 2. The van der Waals surface area contributed by atoms with Crippen molar-refractivity contribution in [1.29, 1.82) is 0 Å². The van der Waals surface area contributed by atoms with E-state index in [1.807, 2.05) is 6.08 Å². The van der Waals surface area contributed by atoms with Crippen molar-refractivity contribution in [2.24, 2.45) is 0 Å². The Morgan fingerprint density at radius 3 is 1.27 bits per heavy atom. The highest BCUT2D eigenvalue weighted by molar-refractivity contribution is 5.76. The summed E-state index contributed by atoms with van der Waals surface area (Å²) in [6.07, 6.45) is 63.0. The summed E-state index contributed by atoms with van der Waals surface area (Å²) in [6.45, 7) is 4.84. The first-order valence-corrected chi connectivity index (χ1v) is 27.3. The van der Waals surface area contributed by atoms with E-state index in [9.17, 15) is 19.8 Å². The van der Waals surface area contributed by atoms with Gasteiger partial charge >= 0.3 is 5.97 Å². The van der Waals surface area contributed by atoms with Crippen LogP contribution in [0.3, 0.4) is 0 Å². The molecule has 0 radical (unpaired) electrons. The van der Waals surface area contributed by atoms with Crippen LogP contribution in [-0.4, -0.2) is 47.4 Å². The van der Waals surface area contributed by atoms with E-state index in [1.54, 1.807) is 6.08 Å². The quantitative estimate of drug-likeness (QED) is 0.0321. The van der Waals surface area contributed by atoms with Crippen molar-refractivity contribution in [3.05, 3.63) is 36.5 Å². The summed E-state index contributed by atoms with van der Waals surface area (Å²) in [5.74, 6) is -0.0791. The normalized spacial score (nSPS) is 12.9. The Labute approximate surface area is 385 Å². The Morgan fingerprint density at radius 2 is 0.823 bits per heavy atom. The molecule has 0 saturated heterocycles. The van der Waals surface area contributed by atoms with Gasteiger partial charge in [-0.15, -0.1) is 0 Å². The fraction of sp³-hybridized carbons (Fsp3) is 0.857. The number of rotatable bonds is 50. The van der Waals surface area contributed by atoms with Crippen molar-refractivity contribution in [1.82, 2.24) is 5.32 Å². The third kappa shape index (κ3) is 47.6. The number of amides is 1. The van der Waals surface area contributed by atoms with Crippen LogP contribution in [0.4, 0.5) is 0 Å². The second-order valence-electron chi connectivity index (χ2n) is 18.6. The monoisotopic (exact) mass is 872 g/mol. The molecule has 0 aliphatic carbocycles. The molecule has 0 heterocycles. The molecule has 2 atom stereocenters. The lowest BCUT2D eigenvalue weighted by Crippen LogP contribution is -2.45. The zero-order chi connectivity index (χ0) is 45.1. The molecule has 62 heavy (non-hydrogen) atoms. The molecule has 2 unspecified atom stereocenters. The molecule has 0 bridgehead atoms. The number of ether oxygens (including phenoxy) is 1. The molecule has 0 rings (SSSR count). The zero-order valence-electron chi connectivity index (χ0n) is 41.4. The van der Waals surface area contributed by atoms with Gasteiger partial charge in [-0.2, -0.15) is 0 Å². The van der Waals surface area contributed by atoms with Gasteiger partial charge in [-0.25, -0.2) is 0 Å². The molecular formula is C56H105NO5. The van der Waals surface area contributed by atoms with E-state index in [0.717, 1.165) is 51.4 Å². The molecule has 364 valence electrons. The van der Waals surface area contributed by atoms with E-state index in [1.165, 1.54) is 205 Å². The molecule has 0 aliphatic heterocycles. The SMILES string of the molecule is CCCC/C=C\C/C=C\CCCCCCCC(=O)OCCCCCCCCCCCCCCCCCCCCCC(=O)NC(CO)C(O)/C=C/CCCCCCCCCCCC. The van der Waals surface area contributed by atoms with E-state index in [-0.39, 0.29) is 18.5 Å². The molecule has 0 spiro atoms. The lowest BCUT2D eigenvalue weighted by atomic mass is 10.0. The molecule has 0 fully saturated rings. The van der Waals surface area contributed by atoms with Gasteiger partial charge in [0.2, 0.25) is 5.91 Å². The van der Waals surface area contributed by atoms with Gasteiger partial charge in [-0.05, 0) is 57.8 Å². The highest BCUT2D eigenvalue weighted by Gasteiger charge is 2.18. The molecule has 6 heteroatoms. The standard InChI is InChI=1S/C56H105NO5/c1-3-5-7-9-11-13-15-17-26-30-34-38-42-46-50-56(61)62-51-47-43-39-35-31-27-24-22-20-18-19-21-23-25-29-33-37-41-45-49-55(60)57-53(52-58)54(59)48-44-40-36-32-28-16-14-12-10-8-6-4-2/h9,11,15,17,44,48,53-54,58-59H,3-8,10,12-14,16,18-43,45-47,49-52H2,1-2H3,(H,57,60)/b11-9-,17-15-,48-44+. The van der Waals surface area contributed by atoms with Crippen LogP contribution in [0.15, 0.2) is 36.5 Å². The average molecular weight is 872 g/mol. The van der Waals surface area contributed by atoms with Crippen LogP contribution in [-0.2, 0) is 14.3 Å². The molecule has 3 N–H and O–H groups in total. The van der Waals surface area contributed by atoms with Crippen LogP contribution in [0.1, 0.15) is 284 Å². The molecule has 6 nitrogen and oxygen atoms in total. The third-order valence-electron chi connectivity index (χ3n) is 12.4. The van der Waals surface area contributed by atoms with Gasteiger partial charge in [-0.1, -0.05) is 249 Å². The van der Waals surface area contributed by atoms with Crippen LogP contribution in [0.2, 0.25) is 0 Å². The summed E-state index contributed by atoms with van der Waals surface area (Å²) in [7, 11) is 0. The van der Waals surface area contributed by atoms with Gasteiger partial charge in [0, 0.05) is 12.8 Å². The van der Waals surface area contributed by atoms with Gasteiger partial charge < -0.3 is 20.3 Å². The maximum Gasteiger partial charge on any atom is 0.305 e. The van der Waals surface area contributed by atoms with Crippen LogP contribution in [0.5, 0.6) is 0 Å². The zero-order valence-corrected chi connectivity index (χ0v) is 41.4. The van der Waals surface area contributed by atoms with Gasteiger partial charge in [-0.3, -0.25) is 9.59 Å². The average Bonchev–Trinajstić information content (AvgIpc) is 3.27. The Hall–Kier alpha value is -1.92. The second-order valence-corrected chi connectivity index (χ2v) is 18.6. The fourth-order valence-corrected chi connectivity index (χ4v) is 8.18. The summed E-state index contributed by atoms with van der Waals surface area (Å²) >= 11 is 0. The van der Waals surface area contributed by atoms with E-state index in [4.69, 9.17) is 4.74 Å². The highest BCUT2D eigenvalue weighted by Crippen LogP contribution is 2.16. The predicted octanol–water partition coefficient (Wildman–Crippen LogP) is 16.5. The number of aliphatic hydroxyl groups is 2. The maximum absolute atomic E-state index is 12.4. The van der Waals surface area contributed by atoms with Crippen LogP contribution >= 0.6 is 0 Å². The topological polar surface area (TPSA) is 95.9 Å². The summed E-state index contributed by atoms with van der Waals surface area (Å²) < 4.78 is 5.46. The van der Waals surface area contributed by atoms with Crippen molar-refractivity contribution in [2.75, 3.05) is 13.2 Å². The number of esters is 1. The number of aliphatic hydroxyl groups excluding tert-OH is 2. The van der Waals surface area contributed by atoms with Gasteiger partial charge in [0.05, 0.1) is 25.4 Å². The first-order valence-electron chi connectivity index (χ1n) is 27.3. The van der Waals surface area contributed by atoms with Crippen LogP contribution in [0.25, 0.3) is 0 Å². The van der Waals surface area contributed by atoms with Gasteiger partial charge in [0.15, 0.2) is 0 Å². The van der Waals surface area contributed by atoms with Gasteiger partial charge in [0.1, 0.15) is 0 Å². The number of carbonyl (C=O) groups excluding carboxylic acids is 2. The third-order valence-corrected chi connectivity index (χ3v) is 12.4. The largest absolute Gasteiger partial charge is 0.466 e. The Balaban J connectivity index is 3.42. The number of hydrogen-bond acceptors (Lipinski definition) is 5. The first-order chi connectivity index (χ1) is 30.5. The minimum atomic E-state index is -0.845. The predicted molar refractivity (Wildman–Crippen MR) is 269 cm³/mol. The first kappa shape index (κ1) is 60.1. The van der Waals surface area contributed by atoms with Gasteiger partial charge in [0.25, 0.3) is 0 Å². The molecule has 1 amide bonds. The van der Waals surface area contributed by atoms with Crippen molar-refractivity contribution < 1.29 is 24.5 Å². The minimum absolute atomic E-state index is 0.00686.